The molecule has 0 unspecified atom stereocenters. The van der Waals surface area contributed by atoms with E-state index in [9.17, 15) is 8.42 Å². The molecule has 0 heterocycles. The molecule has 0 aliphatic heterocycles. The monoisotopic (exact) mass is 404 g/mol. The first kappa shape index (κ1) is 12.7. The van der Waals surface area contributed by atoms with Gasteiger partial charge >= 0.3 is 0 Å². The minimum Gasteiger partial charge on any atom is -0.224 e. The van der Waals surface area contributed by atoms with Crippen LogP contribution in [0.5, 0.6) is 0 Å². The van der Waals surface area contributed by atoms with Crippen LogP contribution in [0.15, 0.2) is 35.2 Å². The van der Waals surface area contributed by atoms with Crippen molar-refractivity contribution in [1.82, 2.24) is 0 Å². The summed E-state index contributed by atoms with van der Waals surface area (Å²) in [5.74, 6) is -0.0655. The van der Waals surface area contributed by atoms with E-state index in [0.29, 0.717) is 4.90 Å². The molecule has 0 saturated heterocycles. The Hall–Kier alpha value is 0.610. The fraction of sp³-hybridized carbons (Fsp3) is 0.250. The lowest BCUT2D eigenvalue weighted by atomic mass is 10.4. The number of halogens is 3. The molecule has 0 aliphatic carbocycles. The average molecular weight is 407 g/mol. The number of hydrogen-bond acceptors (Lipinski definition) is 2. The van der Waals surface area contributed by atoms with Crippen LogP contribution in [-0.2, 0) is 9.84 Å². The summed E-state index contributed by atoms with van der Waals surface area (Å²) < 4.78 is 22.8. The number of alkyl halides is 3. The Labute approximate surface area is 108 Å². The Bertz CT molecular complexity index is 394. The Balaban J connectivity index is 2.99. The third-order valence-electron chi connectivity index (χ3n) is 1.46. The van der Waals surface area contributed by atoms with Crippen LogP contribution >= 0.6 is 47.8 Å². The zero-order valence-corrected chi connectivity index (χ0v) is 12.5. The van der Waals surface area contributed by atoms with E-state index in [1.807, 2.05) is 0 Å². The molecule has 0 spiro atoms. The number of hydrogen-bond donors (Lipinski definition) is 0. The van der Waals surface area contributed by atoms with Crippen LogP contribution in [0.2, 0.25) is 0 Å². The van der Waals surface area contributed by atoms with Crippen molar-refractivity contribution in [3.8, 4) is 0 Å². The molecule has 2 nitrogen and oxygen atoms in total. The lowest BCUT2D eigenvalue weighted by molar-refractivity contribution is 0.597. The van der Waals surface area contributed by atoms with Crippen molar-refractivity contribution in [2.75, 3.05) is 5.75 Å². The van der Waals surface area contributed by atoms with Crippen molar-refractivity contribution in [1.29, 1.82) is 0 Å². The Morgan fingerprint density at radius 2 is 1.57 bits per heavy atom. The topological polar surface area (TPSA) is 34.1 Å². The highest BCUT2D eigenvalue weighted by Gasteiger charge is 2.27. The first-order chi connectivity index (χ1) is 6.31. The maximum absolute atomic E-state index is 11.8. The molecular weight excluding hydrogens is 400 g/mol. The van der Waals surface area contributed by atoms with E-state index >= 15 is 0 Å². The first-order valence-corrected chi connectivity index (χ1v) is 7.69. The summed E-state index contributed by atoms with van der Waals surface area (Å²) in [6.45, 7) is 0. The van der Waals surface area contributed by atoms with Gasteiger partial charge in [-0.2, -0.15) is 0 Å². The summed E-state index contributed by atoms with van der Waals surface area (Å²) in [6, 6.07) is 8.33. The second kappa shape index (κ2) is 4.63. The molecule has 1 rings (SSSR count). The Kier molecular flexibility index (Phi) is 4.20. The van der Waals surface area contributed by atoms with Gasteiger partial charge in [0.2, 0.25) is 0 Å². The van der Waals surface area contributed by atoms with Gasteiger partial charge in [-0.15, -0.1) is 0 Å². The summed E-state index contributed by atoms with van der Waals surface area (Å²) in [7, 11) is -3.26. The van der Waals surface area contributed by atoms with Gasteiger partial charge in [-0.05, 0) is 12.1 Å². The maximum atomic E-state index is 11.8. The third-order valence-corrected chi connectivity index (χ3v) is 5.21. The van der Waals surface area contributed by atoms with Gasteiger partial charge in [-0.1, -0.05) is 66.0 Å². The number of sulfone groups is 1. The van der Waals surface area contributed by atoms with E-state index in [1.165, 1.54) is 0 Å². The van der Waals surface area contributed by atoms with E-state index in [0.717, 1.165) is 0 Å². The lowest BCUT2D eigenvalue weighted by Gasteiger charge is -2.12. The highest BCUT2D eigenvalue weighted by Crippen LogP contribution is 2.36. The van der Waals surface area contributed by atoms with Gasteiger partial charge in [-0.3, -0.25) is 0 Å². The van der Waals surface area contributed by atoms with Crippen molar-refractivity contribution in [3.63, 3.8) is 0 Å². The standard InChI is InChI=1S/C8H7Br3O2S/c9-8(10,11)6-14(12,13)7-4-2-1-3-5-7/h1-5H,6H2. The molecule has 0 aliphatic rings. The van der Waals surface area contributed by atoms with Gasteiger partial charge in [0.1, 0.15) is 2.14 Å². The van der Waals surface area contributed by atoms with Gasteiger partial charge in [0.15, 0.2) is 9.84 Å². The van der Waals surface area contributed by atoms with Crippen molar-refractivity contribution in [2.24, 2.45) is 0 Å². The van der Waals surface area contributed by atoms with E-state index in [4.69, 9.17) is 0 Å². The van der Waals surface area contributed by atoms with Crippen LogP contribution in [0.4, 0.5) is 0 Å². The summed E-state index contributed by atoms with van der Waals surface area (Å²) in [5.41, 5.74) is 0. The van der Waals surface area contributed by atoms with E-state index in [1.54, 1.807) is 30.3 Å². The third kappa shape index (κ3) is 4.00. The van der Waals surface area contributed by atoms with E-state index < -0.39 is 12.0 Å². The molecule has 0 aromatic heterocycles. The Morgan fingerprint density at radius 1 is 1.07 bits per heavy atom. The van der Waals surface area contributed by atoms with E-state index in [2.05, 4.69) is 47.8 Å². The zero-order valence-electron chi connectivity index (χ0n) is 6.95. The molecule has 0 fully saturated rings. The van der Waals surface area contributed by atoms with Gasteiger partial charge in [0, 0.05) is 0 Å². The van der Waals surface area contributed by atoms with Crippen LogP contribution in [0, 0.1) is 0 Å². The molecule has 14 heavy (non-hydrogen) atoms. The van der Waals surface area contributed by atoms with Crippen LogP contribution in [0.3, 0.4) is 0 Å². The average Bonchev–Trinajstić information content (AvgIpc) is 2.01. The highest BCUT2D eigenvalue weighted by molar-refractivity contribution is 9.39. The molecule has 0 amide bonds. The smallest absolute Gasteiger partial charge is 0.181 e. The molecule has 0 saturated carbocycles. The number of rotatable bonds is 2. The molecule has 0 radical (unpaired) electrons. The van der Waals surface area contributed by atoms with Gasteiger partial charge in [-0.25, -0.2) is 8.42 Å². The van der Waals surface area contributed by atoms with Crippen molar-refractivity contribution in [3.05, 3.63) is 30.3 Å². The molecule has 1 aromatic rings. The summed E-state index contributed by atoms with van der Waals surface area (Å²) in [6.07, 6.45) is 0. The number of benzene rings is 1. The van der Waals surface area contributed by atoms with Crippen LogP contribution < -0.4 is 0 Å². The minimum atomic E-state index is -3.26. The van der Waals surface area contributed by atoms with Crippen LogP contribution in [-0.4, -0.2) is 16.3 Å². The molecule has 78 valence electrons. The fourth-order valence-corrected chi connectivity index (χ4v) is 4.81. The maximum Gasteiger partial charge on any atom is 0.181 e. The van der Waals surface area contributed by atoms with Crippen molar-refractivity contribution < 1.29 is 8.42 Å². The Morgan fingerprint density at radius 3 is 2.00 bits per heavy atom. The molecule has 0 N–H and O–H groups in total. The van der Waals surface area contributed by atoms with Gasteiger partial charge in [0.05, 0.1) is 10.6 Å². The molecule has 6 heteroatoms. The highest BCUT2D eigenvalue weighted by atomic mass is 80.0. The summed E-state index contributed by atoms with van der Waals surface area (Å²) in [5, 5.41) is 0. The predicted molar refractivity (Wildman–Crippen MR) is 68.0 cm³/mol. The second-order valence-corrected chi connectivity index (χ2v) is 11.9. The molecule has 0 bridgehead atoms. The molecule has 0 atom stereocenters. The lowest BCUT2D eigenvalue weighted by Crippen LogP contribution is -2.18. The SMILES string of the molecule is O=S(=O)(CC(Br)(Br)Br)c1ccccc1. The normalized spacial score (nSPS) is 12.8. The van der Waals surface area contributed by atoms with Crippen LogP contribution in [0.25, 0.3) is 0 Å². The fourth-order valence-electron chi connectivity index (χ4n) is 0.927. The summed E-state index contributed by atoms with van der Waals surface area (Å²) in [4.78, 5) is 0.322. The van der Waals surface area contributed by atoms with Crippen LogP contribution in [0.1, 0.15) is 0 Å². The largest absolute Gasteiger partial charge is 0.224 e. The minimum absolute atomic E-state index is 0.0655. The van der Waals surface area contributed by atoms with Crippen molar-refractivity contribution >= 4 is 57.6 Å². The van der Waals surface area contributed by atoms with Crippen molar-refractivity contribution in [2.45, 2.75) is 7.04 Å². The first-order valence-electron chi connectivity index (χ1n) is 3.66. The predicted octanol–water partition coefficient (Wildman–Crippen LogP) is 3.30. The molecule has 1 aromatic carbocycles. The quantitative estimate of drug-likeness (QED) is 0.706. The summed E-state index contributed by atoms with van der Waals surface area (Å²) >= 11 is 9.50. The van der Waals surface area contributed by atoms with E-state index in [-0.39, 0.29) is 5.75 Å². The molecular formula is C8H7Br3O2S. The second-order valence-electron chi connectivity index (χ2n) is 2.69. The zero-order chi connectivity index (χ0) is 10.8. The van der Waals surface area contributed by atoms with Gasteiger partial charge < -0.3 is 0 Å². The van der Waals surface area contributed by atoms with Gasteiger partial charge in [0.25, 0.3) is 0 Å².